The second-order valence-corrected chi connectivity index (χ2v) is 7.71. The maximum atomic E-state index is 6.62. The lowest BCUT2D eigenvalue weighted by Crippen LogP contribution is -2.30. The number of hydrogen-bond donors (Lipinski definition) is 2. The van der Waals surface area contributed by atoms with Crippen LogP contribution in [0, 0.1) is 6.92 Å². The maximum absolute atomic E-state index is 6.62. The molecule has 0 radical (unpaired) electrons. The molecule has 8 heteroatoms. The molecule has 0 saturated carbocycles. The Kier molecular flexibility index (Phi) is 5.83. The van der Waals surface area contributed by atoms with E-state index in [4.69, 9.17) is 31.5 Å². The first kappa shape index (κ1) is 20.5. The van der Waals surface area contributed by atoms with Crippen molar-refractivity contribution in [1.82, 2.24) is 9.97 Å². The molecule has 7 nitrogen and oxygen atoms in total. The number of ether oxygens (including phenoxy) is 3. The normalized spacial score (nSPS) is 16.5. The number of halogens is 1. The lowest BCUT2D eigenvalue weighted by atomic mass is 10.0. The number of nitrogens with zero attached hydrogens (tertiary/aromatic N) is 2. The number of aromatic nitrogens is 2. The predicted molar refractivity (Wildman–Crippen MR) is 120 cm³/mol. The maximum Gasteiger partial charge on any atom is 0.141 e. The molecule has 0 unspecified atom stereocenters. The summed E-state index contributed by atoms with van der Waals surface area (Å²) in [6.45, 7) is 3.43. The van der Waals surface area contributed by atoms with E-state index in [1.165, 1.54) is 0 Å². The van der Waals surface area contributed by atoms with Crippen molar-refractivity contribution >= 4 is 34.0 Å². The second kappa shape index (κ2) is 8.53. The van der Waals surface area contributed by atoms with E-state index in [1.807, 2.05) is 19.1 Å². The number of hydrogen-bond acceptors (Lipinski definition) is 7. The van der Waals surface area contributed by atoms with E-state index in [9.17, 15) is 0 Å². The van der Waals surface area contributed by atoms with E-state index < -0.39 is 0 Å². The molecule has 0 aliphatic carbocycles. The minimum absolute atomic E-state index is 0.253. The zero-order valence-corrected chi connectivity index (χ0v) is 18.0. The highest BCUT2D eigenvalue weighted by Crippen LogP contribution is 2.43. The molecule has 1 fully saturated rings. The van der Waals surface area contributed by atoms with Crippen LogP contribution >= 0.6 is 11.6 Å². The summed E-state index contributed by atoms with van der Waals surface area (Å²) in [6, 6.07) is 5.87. The molecule has 1 atom stereocenters. The van der Waals surface area contributed by atoms with Crippen LogP contribution in [0.2, 0.25) is 5.02 Å². The van der Waals surface area contributed by atoms with Crippen LogP contribution in [0.5, 0.6) is 11.5 Å². The lowest BCUT2D eigenvalue weighted by Gasteiger charge is -2.23. The quantitative estimate of drug-likeness (QED) is 0.620. The smallest absolute Gasteiger partial charge is 0.141 e. The van der Waals surface area contributed by atoms with Crippen molar-refractivity contribution < 1.29 is 14.2 Å². The van der Waals surface area contributed by atoms with Gasteiger partial charge in [0.15, 0.2) is 0 Å². The van der Waals surface area contributed by atoms with Crippen molar-refractivity contribution in [3.63, 3.8) is 0 Å². The van der Waals surface area contributed by atoms with E-state index in [1.54, 1.807) is 26.5 Å². The molecule has 4 rings (SSSR count). The van der Waals surface area contributed by atoms with Gasteiger partial charge < -0.3 is 25.3 Å². The average Bonchev–Trinajstić information content (AvgIpc) is 2.75. The van der Waals surface area contributed by atoms with Crippen LogP contribution in [0.25, 0.3) is 22.0 Å². The topological polar surface area (TPSA) is 91.5 Å². The van der Waals surface area contributed by atoms with Gasteiger partial charge in [0.2, 0.25) is 0 Å². The molecule has 0 spiro atoms. The van der Waals surface area contributed by atoms with Crippen LogP contribution in [0.3, 0.4) is 0 Å². The first-order valence-electron chi connectivity index (χ1n) is 9.83. The van der Waals surface area contributed by atoms with E-state index in [0.29, 0.717) is 34.6 Å². The number of rotatable bonds is 5. The summed E-state index contributed by atoms with van der Waals surface area (Å²) in [5, 5.41) is 5.59. The van der Waals surface area contributed by atoms with Crippen LogP contribution in [-0.2, 0) is 4.74 Å². The van der Waals surface area contributed by atoms with E-state index in [2.05, 4.69) is 15.3 Å². The van der Waals surface area contributed by atoms with Crippen molar-refractivity contribution in [1.29, 1.82) is 0 Å². The Hall–Kier alpha value is -2.77. The van der Waals surface area contributed by atoms with Gasteiger partial charge in [-0.05, 0) is 31.9 Å². The Morgan fingerprint density at radius 3 is 2.70 bits per heavy atom. The largest absolute Gasteiger partial charge is 0.496 e. The molecule has 0 bridgehead atoms. The molecule has 1 aromatic carbocycles. The molecule has 1 aliphatic rings. The fourth-order valence-electron chi connectivity index (χ4n) is 3.81. The third-order valence-corrected chi connectivity index (χ3v) is 5.77. The van der Waals surface area contributed by atoms with Gasteiger partial charge in [-0.15, -0.1) is 0 Å². The van der Waals surface area contributed by atoms with Crippen molar-refractivity contribution in [3.8, 4) is 22.8 Å². The molecule has 3 N–H and O–H groups in total. The standard InChI is InChI=1S/C22H25ClN4O3/c1-12-17(28-2)9-18(29-3)21(23)20(12)16-7-13-10-25-19(8-15(13)22(24)27-16)26-14-5-4-6-30-11-14/h7-10,14H,4-6,11H2,1-3H3,(H2,24,27)(H,25,26)/t14-/m0/s1. The summed E-state index contributed by atoms with van der Waals surface area (Å²) >= 11 is 6.62. The monoisotopic (exact) mass is 428 g/mol. The zero-order valence-electron chi connectivity index (χ0n) is 17.3. The van der Waals surface area contributed by atoms with Crippen LogP contribution in [0.15, 0.2) is 24.4 Å². The second-order valence-electron chi connectivity index (χ2n) is 7.34. The number of nitrogens with one attached hydrogen (secondary N) is 1. The highest BCUT2D eigenvalue weighted by molar-refractivity contribution is 6.35. The Labute approximate surface area is 180 Å². The molecule has 158 valence electrons. The van der Waals surface area contributed by atoms with Crippen molar-refractivity contribution in [3.05, 3.63) is 35.0 Å². The van der Waals surface area contributed by atoms with E-state index >= 15 is 0 Å². The average molecular weight is 429 g/mol. The Morgan fingerprint density at radius 2 is 2.00 bits per heavy atom. The van der Waals surface area contributed by atoms with Crippen LogP contribution < -0.4 is 20.5 Å². The lowest BCUT2D eigenvalue weighted by molar-refractivity contribution is 0.0875. The van der Waals surface area contributed by atoms with Crippen molar-refractivity contribution in [2.45, 2.75) is 25.8 Å². The van der Waals surface area contributed by atoms with Gasteiger partial charge in [0.1, 0.15) is 23.1 Å². The number of anilines is 2. The molecule has 1 saturated heterocycles. The summed E-state index contributed by atoms with van der Waals surface area (Å²) in [6.07, 6.45) is 3.90. The summed E-state index contributed by atoms with van der Waals surface area (Å²) in [7, 11) is 3.18. The summed E-state index contributed by atoms with van der Waals surface area (Å²) in [4.78, 5) is 9.19. The van der Waals surface area contributed by atoms with Gasteiger partial charge in [-0.2, -0.15) is 0 Å². The van der Waals surface area contributed by atoms with E-state index in [0.717, 1.165) is 47.2 Å². The number of nitrogens with two attached hydrogens (primary N) is 1. The minimum Gasteiger partial charge on any atom is -0.496 e. The Bertz CT molecular complexity index is 1060. The van der Waals surface area contributed by atoms with Crippen molar-refractivity contribution in [2.24, 2.45) is 0 Å². The molecule has 1 aliphatic heterocycles. The van der Waals surface area contributed by atoms with Crippen LogP contribution in [-0.4, -0.2) is 43.4 Å². The van der Waals surface area contributed by atoms with Gasteiger partial charge in [0.25, 0.3) is 0 Å². The fourth-order valence-corrected chi connectivity index (χ4v) is 4.18. The molecule has 0 amide bonds. The first-order valence-corrected chi connectivity index (χ1v) is 10.2. The molecular formula is C22H25ClN4O3. The Morgan fingerprint density at radius 1 is 1.20 bits per heavy atom. The van der Waals surface area contributed by atoms with Crippen LogP contribution in [0.4, 0.5) is 11.6 Å². The third-order valence-electron chi connectivity index (χ3n) is 5.39. The summed E-state index contributed by atoms with van der Waals surface area (Å²) in [5.41, 5.74) is 8.57. The summed E-state index contributed by atoms with van der Waals surface area (Å²) in [5.74, 6) is 2.35. The van der Waals surface area contributed by atoms with Gasteiger partial charge in [0, 0.05) is 40.8 Å². The molecule has 2 aromatic heterocycles. The van der Waals surface area contributed by atoms with Crippen LogP contribution in [0.1, 0.15) is 18.4 Å². The van der Waals surface area contributed by atoms with Gasteiger partial charge >= 0.3 is 0 Å². The van der Waals surface area contributed by atoms with Gasteiger partial charge in [-0.3, -0.25) is 0 Å². The zero-order chi connectivity index (χ0) is 21.3. The first-order chi connectivity index (χ1) is 14.5. The minimum atomic E-state index is 0.253. The predicted octanol–water partition coefficient (Wildman–Crippen LogP) is 4.45. The highest BCUT2D eigenvalue weighted by atomic mass is 35.5. The third kappa shape index (κ3) is 3.82. The van der Waals surface area contributed by atoms with E-state index in [-0.39, 0.29) is 6.04 Å². The molecule has 30 heavy (non-hydrogen) atoms. The SMILES string of the molecule is COc1cc(OC)c(Cl)c(-c2cc3cnc(N[C@H]4CCCOC4)cc3c(N)n2)c1C. The summed E-state index contributed by atoms with van der Waals surface area (Å²) < 4.78 is 16.4. The number of nitrogen functional groups attached to an aromatic ring is 1. The van der Waals surface area contributed by atoms with Crippen molar-refractivity contribution in [2.75, 3.05) is 38.5 Å². The molecule has 3 heterocycles. The number of fused-ring (bicyclic) bond motifs is 1. The van der Waals surface area contributed by atoms with Gasteiger partial charge in [0.05, 0.1) is 37.6 Å². The number of pyridine rings is 2. The molecular weight excluding hydrogens is 404 g/mol. The number of methoxy groups -OCH3 is 2. The number of benzene rings is 1. The van der Waals surface area contributed by atoms with Gasteiger partial charge in [-0.1, -0.05) is 11.6 Å². The molecule has 3 aromatic rings. The fraction of sp³-hybridized carbons (Fsp3) is 0.364. The highest BCUT2D eigenvalue weighted by Gasteiger charge is 2.20. The van der Waals surface area contributed by atoms with Gasteiger partial charge in [-0.25, -0.2) is 9.97 Å². The Balaban J connectivity index is 1.76.